The van der Waals surface area contributed by atoms with Crippen LogP contribution in [0.15, 0.2) is 24.3 Å². The van der Waals surface area contributed by atoms with E-state index in [1.807, 2.05) is 12.1 Å². The van der Waals surface area contributed by atoms with Crippen molar-refractivity contribution in [1.29, 1.82) is 0 Å². The topological polar surface area (TPSA) is 12.0 Å². The van der Waals surface area contributed by atoms with E-state index >= 15 is 0 Å². The molecule has 0 bridgehead atoms. The van der Waals surface area contributed by atoms with Crippen molar-refractivity contribution in [2.75, 3.05) is 0 Å². The maximum Gasteiger partial charge on any atom is 0.0406 e. The molecular weight excluding hydrogens is 206 g/mol. The van der Waals surface area contributed by atoms with Crippen molar-refractivity contribution in [2.45, 2.75) is 38.8 Å². The molecule has 0 spiro atoms. The summed E-state index contributed by atoms with van der Waals surface area (Å²) in [4.78, 5) is 0. The monoisotopic (exact) mass is 223 g/mol. The van der Waals surface area contributed by atoms with Gasteiger partial charge in [-0.25, -0.2) is 0 Å². The minimum atomic E-state index is 0.718. The molecule has 15 heavy (non-hydrogen) atoms. The Morgan fingerprint density at radius 3 is 2.60 bits per heavy atom. The third-order valence-corrected chi connectivity index (χ3v) is 3.45. The molecule has 1 N–H and O–H groups in total. The molecule has 0 saturated heterocycles. The third kappa shape index (κ3) is 3.22. The Morgan fingerprint density at radius 1 is 1.27 bits per heavy atom. The van der Waals surface area contributed by atoms with Gasteiger partial charge in [0.25, 0.3) is 0 Å². The quantitative estimate of drug-likeness (QED) is 0.826. The van der Waals surface area contributed by atoms with Crippen LogP contribution in [0.1, 0.15) is 31.7 Å². The van der Waals surface area contributed by atoms with E-state index in [-0.39, 0.29) is 0 Å². The Hall–Kier alpha value is -0.530. The van der Waals surface area contributed by atoms with Crippen molar-refractivity contribution in [2.24, 2.45) is 5.92 Å². The van der Waals surface area contributed by atoms with Crippen molar-refractivity contribution in [3.05, 3.63) is 34.9 Å². The van der Waals surface area contributed by atoms with Crippen molar-refractivity contribution >= 4 is 11.6 Å². The van der Waals surface area contributed by atoms with Crippen LogP contribution in [0.25, 0.3) is 0 Å². The fourth-order valence-corrected chi connectivity index (χ4v) is 2.38. The third-order valence-electron chi connectivity index (χ3n) is 3.20. The maximum atomic E-state index is 5.84. The summed E-state index contributed by atoms with van der Waals surface area (Å²) in [6, 6.07) is 8.81. The highest BCUT2D eigenvalue weighted by Gasteiger charge is 2.20. The van der Waals surface area contributed by atoms with E-state index in [4.69, 9.17) is 11.6 Å². The molecule has 1 saturated carbocycles. The first-order valence-corrected chi connectivity index (χ1v) is 6.09. The molecule has 0 aliphatic heterocycles. The molecular formula is C13H18ClN. The van der Waals surface area contributed by atoms with Gasteiger partial charge in [-0.1, -0.05) is 30.7 Å². The Labute approximate surface area is 96.8 Å². The van der Waals surface area contributed by atoms with Crippen LogP contribution < -0.4 is 5.32 Å². The van der Waals surface area contributed by atoms with Crippen LogP contribution in [0.5, 0.6) is 0 Å². The lowest BCUT2D eigenvalue weighted by molar-refractivity contribution is 0.502. The van der Waals surface area contributed by atoms with Crippen molar-refractivity contribution in [1.82, 2.24) is 5.32 Å². The van der Waals surface area contributed by atoms with E-state index in [9.17, 15) is 0 Å². The summed E-state index contributed by atoms with van der Waals surface area (Å²) in [6.45, 7) is 3.30. The highest BCUT2D eigenvalue weighted by Crippen LogP contribution is 2.24. The lowest BCUT2D eigenvalue weighted by atomic mass is 10.1. The first kappa shape index (κ1) is 11.0. The standard InChI is InChI=1S/C13H18ClN/c1-10-2-7-13(8-10)15-9-11-3-5-12(14)6-4-11/h3-6,10,13,15H,2,7-9H2,1H3/t10-,13+/m1/s1. The van der Waals surface area contributed by atoms with Gasteiger partial charge < -0.3 is 5.32 Å². The summed E-state index contributed by atoms with van der Waals surface area (Å²) >= 11 is 5.84. The maximum absolute atomic E-state index is 5.84. The highest BCUT2D eigenvalue weighted by atomic mass is 35.5. The highest BCUT2D eigenvalue weighted by molar-refractivity contribution is 6.30. The van der Waals surface area contributed by atoms with Gasteiger partial charge in [-0.15, -0.1) is 0 Å². The molecule has 1 aromatic rings. The summed E-state index contributed by atoms with van der Waals surface area (Å²) in [5.74, 6) is 0.896. The van der Waals surface area contributed by atoms with E-state index in [1.54, 1.807) is 0 Å². The Kier molecular flexibility index (Phi) is 3.66. The minimum Gasteiger partial charge on any atom is -0.310 e. The van der Waals surface area contributed by atoms with Crippen LogP contribution in [-0.4, -0.2) is 6.04 Å². The average molecular weight is 224 g/mol. The summed E-state index contributed by atoms with van der Waals surface area (Å²) in [5.41, 5.74) is 1.32. The molecule has 1 aromatic carbocycles. The van der Waals surface area contributed by atoms with Crippen LogP contribution in [0, 0.1) is 5.92 Å². The SMILES string of the molecule is C[C@@H]1CC[C@H](NCc2ccc(Cl)cc2)C1. The van der Waals surface area contributed by atoms with Crippen molar-refractivity contribution in [3.63, 3.8) is 0 Å². The second-order valence-electron chi connectivity index (χ2n) is 4.62. The Bertz CT molecular complexity index is 307. The molecule has 82 valence electrons. The van der Waals surface area contributed by atoms with Gasteiger partial charge in [0.05, 0.1) is 0 Å². The van der Waals surface area contributed by atoms with Crippen molar-refractivity contribution < 1.29 is 0 Å². The van der Waals surface area contributed by atoms with E-state index in [0.29, 0.717) is 0 Å². The van der Waals surface area contributed by atoms with Gasteiger partial charge >= 0.3 is 0 Å². The number of halogens is 1. The summed E-state index contributed by atoms with van der Waals surface area (Å²) in [6.07, 6.45) is 4.03. The van der Waals surface area contributed by atoms with Crippen LogP contribution in [-0.2, 0) is 6.54 Å². The average Bonchev–Trinajstić information content (AvgIpc) is 2.64. The van der Waals surface area contributed by atoms with Gasteiger partial charge in [0, 0.05) is 17.6 Å². The number of benzene rings is 1. The molecule has 0 unspecified atom stereocenters. The molecule has 2 heteroatoms. The van der Waals surface area contributed by atoms with Crippen LogP contribution in [0.4, 0.5) is 0 Å². The first-order valence-electron chi connectivity index (χ1n) is 5.72. The lowest BCUT2D eigenvalue weighted by Gasteiger charge is -2.12. The fraction of sp³-hybridized carbons (Fsp3) is 0.538. The smallest absolute Gasteiger partial charge is 0.0406 e. The normalized spacial score (nSPS) is 25.7. The zero-order valence-corrected chi connectivity index (χ0v) is 9.93. The fourth-order valence-electron chi connectivity index (χ4n) is 2.26. The molecule has 0 heterocycles. The summed E-state index contributed by atoms with van der Waals surface area (Å²) in [5, 5.41) is 4.42. The number of hydrogen-bond donors (Lipinski definition) is 1. The largest absolute Gasteiger partial charge is 0.310 e. The van der Waals surface area contributed by atoms with Crippen LogP contribution in [0.3, 0.4) is 0 Å². The van der Waals surface area contributed by atoms with E-state index in [1.165, 1.54) is 24.8 Å². The number of hydrogen-bond acceptors (Lipinski definition) is 1. The molecule has 1 aliphatic rings. The predicted molar refractivity (Wildman–Crippen MR) is 65.1 cm³/mol. The minimum absolute atomic E-state index is 0.718. The Balaban J connectivity index is 1.80. The zero-order valence-electron chi connectivity index (χ0n) is 9.17. The molecule has 0 radical (unpaired) electrons. The van der Waals surface area contributed by atoms with E-state index in [0.717, 1.165) is 23.5 Å². The van der Waals surface area contributed by atoms with Gasteiger partial charge in [0.1, 0.15) is 0 Å². The molecule has 2 atom stereocenters. The molecule has 1 aliphatic carbocycles. The zero-order chi connectivity index (χ0) is 10.7. The second-order valence-corrected chi connectivity index (χ2v) is 5.06. The Morgan fingerprint density at radius 2 is 2.00 bits per heavy atom. The van der Waals surface area contributed by atoms with Gasteiger partial charge in [0.2, 0.25) is 0 Å². The molecule has 0 aromatic heterocycles. The van der Waals surface area contributed by atoms with E-state index < -0.39 is 0 Å². The molecule has 2 rings (SSSR count). The summed E-state index contributed by atoms with van der Waals surface area (Å²) < 4.78 is 0. The van der Waals surface area contributed by atoms with E-state index in [2.05, 4.69) is 24.4 Å². The van der Waals surface area contributed by atoms with Crippen LogP contribution in [0.2, 0.25) is 5.02 Å². The molecule has 1 fully saturated rings. The molecule has 0 amide bonds. The van der Waals surface area contributed by atoms with Crippen LogP contribution >= 0.6 is 11.6 Å². The summed E-state index contributed by atoms with van der Waals surface area (Å²) in [7, 11) is 0. The molecule has 1 nitrogen and oxygen atoms in total. The first-order chi connectivity index (χ1) is 7.24. The lowest BCUT2D eigenvalue weighted by Crippen LogP contribution is -2.25. The van der Waals surface area contributed by atoms with Gasteiger partial charge in [-0.2, -0.15) is 0 Å². The van der Waals surface area contributed by atoms with Crippen molar-refractivity contribution in [3.8, 4) is 0 Å². The van der Waals surface area contributed by atoms with Gasteiger partial charge in [-0.05, 0) is 42.9 Å². The number of rotatable bonds is 3. The van der Waals surface area contributed by atoms with Gasteiger partial charge in [0.15, 0.2) is 0 Å². The predicted octanol–water partition coefficient (Wildman–Crippen LogP) is 3.62. The second kappa shape index (κ2) is 5.00. The van der Waals surface area contributed by atoms with Gasteiger partial charge in [-0.3, -0.25) is 0 Å². The number of nitrogens with one attached hydrogen (secondary N) is 1.